The minimum atomic E-state index is -1.28. The molecule has 186 valence electrons. The third-order valence-corrected chi connectivity index (χ3v) is 6.28. The van der Waals surface area contributed by atoms with E-state index >= 15 is 0 Å². The van der Waals surface area contributed by atoms with Crippen molar-refractivity contribution in [2.24, 2.45) is 0 Å². The Labute approximate surface area is 198 Å². The molecule has 6 nitrogen and oxygen atoms in total. The highest BCUT2D eigenvalue weighted by Crippen LogP contribution is 2.28. The average molecular weight is 463 g/mol. The van der Waals surface area contributed by atoms with Crippen LogP contribution < -0.4 is 0 Å². The zero-order chi connectivity index (χ0) is 24.6. The van der Waals surface area contributed by atoms with Crippen LogP contribution >= 0.6 is 0 Å². The molecule has 0 radical (unpaired) electrons. The maximum atomic E-state index is 12.2. The van der Waals surface area contributed by atoms with Gasteiger partial charge in [0.2, 0.25) is 0 Å². The van der Waals surface area contributed by atoms with Gasteiger partial charge in [0, 0.05) is 0 Å². The van der Waals surface area contributed by atoms with Gasteiger partial charge in [0.15, 0.2) is 0 Å². The van der Waals surface area contributed by atoms with Crippen molar-refractivity contribution in [1.82, 2.24) is 0 Å². The summed E-state index contributed by atoms with van der Waals surface area (Å²) in [4.78, 5) is 36.0. The Morgan fingerprint density at radius 1 is 0.545 bits per heavy atom. The summed E-state index contributed by atoms with van der Waals surface area (Å²) in [5.41, 5.74) is 0.0421. The fraction of sp³-hybridized carbons (Fsp3) is 0.667. The lowest BCUT2D eigenvalue weighted by Gasteiger charge is -2.17. The van der Waals surface area contributed by atoms with Crippen LogP contribution in [0.15, 0.2) is 6.07 Å². The van der Waals surface area contributed by atoms with Crippen LogP contribution in [0.25, 0.3) is 0 Å². The highest BCUT2D eigenvalue weighted by Gasteiger charge is 2.27. The van der Waals surface area contributed by atoms with Crippen molar-refractivity contribution in [1.29, 1.82) is 0 Å². The van der Waals surface area contributed by atoms with Gasteiger partial charge in [-0.25, -0.2) is 14.4 Å². The molecular weight excluding hydrogens is 420 g/mol. The van der Waals surface area contributed by atoms with Crippen molar-refractivity contribution in [2.45, 2.75) is 117 Å². The van der Waals surface area contributed by atoms with Crippen molar-refractivity contribution in [2.75, 3.05) is 0 Å². The molecule has 0 fully saturated rings. The number of carboxylic acid groups (broad SMARTS) is 3. The van der Waals surface area contributed by atoms with Crippen LogP contribution in [-0.2, 0) is 12.8 Å². The van der Waals surface area contributed by atoms with E-state index in [1.165, 1.54) is 44.6 Å². The zero-order valence-electron chi connectivity index (χ0n) is 20.5. The topological polar surface area (TPSA) is 112 Å². The van der Waals surface area contributed by atoms with Crippen LogP contribution in [0, 0.1) is 0 Å². The van der Waals surface area contributed by atoms with Crippen LogP contribution in [0.3, 0.4) is 0 Å². The summed E-state index contributed by atoms with van der Waals surface area (Å²) in [5.74, 6) is -3.79. The minimum Gasteiger partial charge on any atom is -0.478 e. The Hall–Kier alpha value is -2.37. The predicted molar refractivity (Wildman–Crippen MR) is 131 cm³/mol. The first-order chi connectivity index (χ1) is 15.8. The van der Waals surface area contributed by atoms with Crippen LogP contribution in [0.4, 0.5) is 0 Å². The van der Waals surface area contributed by atoms with E-state index in [1.54, 1.807) is 0 Å². The van der Waals surface area contributed by atoms with E-state index < -0.39 is 17.9 Å². The summed E-state index contributed by atoms with van der Waals surface area (Å²) in [5, 5.41) is 29.4. The van der Waals surface area contributed by atoms with Gasteiger partial charge in [0.1, 0.15) is 0 Å². The van der Waals surface area contributed by atoms with Gasteiger partial charge in [0.25, 0.3) is 0 Å². The number of benzene rings is 1. The predicted octanol–water partition coefficient (Wildman–Crippen LogP) is 7.37. The molecule has 0 atom stereocenters. The van der Waals surface area contributed by atoms with Gasteiger partial charge in [-0.3, -0.25) is 0 Å². The summed E-state index contributed by atoms with van der Waals surface area (Å²) in [7, 11) is 0. The third kappa shape index (κ3) is 9.97. The molecule has 0 aliphatic heterocycles. The number of rotatable bonds is 19. The first-order valence-electron chi connectivity index (χ1n) is 12.7. The first kappa shape index (κ1) is 28.7. The third-order valence-electron chi connectivity index (χ3n) is 6.28. The molecule has 6 heteroatoms. The van der Waals surface area contributed by atoms with Gasteiger partial charge in [0.05, 0.1) is 16.7 Å². The SMILES string of the molecule is CCCCCCCCCc1c(C(=O)O)cc(C(=O)O)c(CCCCCCCCC)c1C(=O)O. The average Bonchev–Trinajstić information content (AvgIpc) is 2.76. The van der Waals surface area contributed by atoms with Crippen molar-refractivity contribution in [3.05, 3.63) is 33.9 Å². The molecule has 0 saturated heterocycles. The Balaban J connectivity index is 3.07. The molecule has 1 aromatic rings. The standard InChI is InChI=1S/C27H42O6/c1-3-5-7-9-11-13-15-17-20-22(25(28)29)19-23(26(30)31)21(24(20)27(32)33)18-16-14-12-10-8-6-4-2/h19H,3-18H2,1-2H3,(H,28,29)(H,30,31)(H,32,33). The molecule has 0 aliphatic carbocycles. The summed E-state index contributed by atoms with van der Waals surface area (Å²) in [6.07, 6.45) is 15.2. The van der Waals surface area contributed by atoms with Crippen molar-refractivity contribution in [3.63, 3.8) is 0 Å². The maximum absolute atomic E-state index is 12.2. The van der Waals surface area contributed by atoms with E-state index in [-0.39, 0.29) is 27.8 Å². The van der Waals surface area contributed by atoms with E-state index in [4.69, 9.17) is 0 Å². The summed E-state index contributed by atoms with van der Waals surface area (Å²) in [6.45, 7) is 4.32. The Kier molecular flexibility index (Phi) is 14.1. The largest absolute Gasteiger partial charge is 0.478 e. The van der Waals surface area contributed by atoms with Gasteiger partial charge in [-0.05, 0) is 42.9 Å². The lowest BCUT2D eigenvalue weighted by atomic mass is 9.86. The highest BCUT2D eigenvalue weighted by molar-refractivity contribution is 6.03. The van der Waals surface area contributed by atoms with Gasteiger partial charge in [-0.15, -0.1) is 0 Å². The Bertz CT molecular complexity index is 714. The van der Waals surface area contributed by atoms with Crippen LogP contribution in [-0.4, -0.2) is 33.2 Å². The first-order valence-corrected chi connectivity index (χ1v) is 12.7. The molecule has 3 N–H and O–H groups in total. The lowest BCUT2D eigenvalue weighted by molar-refractivity contribution is 0.0694. The van der Waals surface area contributed by atoms with E-state index in [9.17, 15) is 29.7 Å². The Morgan fingerprint density at radius 2 is 0.879 bits per heavy atom. The molecule has 0 aliphatic rings. The fourth-order valence-electron chi connectivity index (χ4n) is 4.45. The number of hydrogen-bond acceptors (Lipinski definition) is 3. The van der Waals surface area contributed by atoms with Crippen molar-refractivity contribution < 1.29 is 29.7 Å². The molecule has 0 saturated carbocycles. The second kappa shape index (κ2) is 16.3. The molecule has 0 spiro atoms. The van der Waals surface area contributed by atoms with Crippen LogP contribution in [0.5, 0.6) is 0 Å². The molecule has 0 unspecified atom stereocenters. The van der Waals surface area contributed by atoms with E-state index in [2.05, 4.69) is 13.8 Å². The van der Waals surface area contributed by atoms with Crippen LogP contribution in [0.2, 0.25) is 0 Å². The molecule has 0 bridgehead atoms. The van der Waals surface area contributed by atoms with Gasteiger partial charge >= 0.3 is 17.9 Å². The number of carbonyl (C=O) groups is 3. The number of carboxylic acids is 3. The molecule has 33 heavy (non-hydrogen) atoms. The van der Waals surface area contributed by atoms with E-state index in [0.29, 0.717) is 25.7 Å². The maximum Gasteiger partial charge on any atom is 0.336 e. The number of aromatic carboxylic acids is 3. The fourth-order valence-corrected chi connectivity index (χ4v) is 4.45. The summed E-state index contributed by atoms with van der Waals surface area (Å²) < 4.78 is 0. The van der Waals surface area contributed by atoms with Crippen molar-refractivity contribution in [3.8, 4) is 0 Å². The summed E-state index contributed by atoms with van der Waals surface area (Å²) >= 11 is 0. The van der Waals surface area contributed by atoms with Crippen molar-refractivity contribution >= 4 is 17.9 Å². The van der Waals surface area contributed by atoms with E-state index in [0.717, 1.165) is 38.5 Å². The Morgan fingerprint density at radius 3 is 1.18 bits per heavy atom. The molecule has 0 amide bonds. The van der Waals surface area contributed by atoms with Gasteiger partial charge < -0.3 is 15.3 Å². The molecular formula is C27H42O6. The van der Waals surface area contributed by atoms with Gasteiger partial charge in [-0.2, -0.15) is 0 Å². The lowest BCUT2D eigenvalue weighted by Crippen LogP contribution is -2.18. The number of hydrogen-bond donors (Lipinski definition) is 3. The normalized spacial score (nSPS) is 11.0. The van der Waals surface area contributed by atoms with Crippen LogP contribution in [0.1, 0.15) is 146 Å². The minimum absolute atomic E-state index is 0.107. The summed E-state index contributed by atoms with van der Waals surface area (Å²) in [6, 6.07) is 1.17. The second-order valence-electron chi connectivity index (χ2n) is 8.96. The number of unbranched alkanes of at least 4 members (excludes halogenated alkanes) is 12. The second-order valence-corrected chi connectivity index (χ2v) is 8.96. The monoisotopic (exact) mass is 462 g/mol. The smallest absolute Gasteiger partial charge is 0.336 e. The van der Waals surface area contributed by atoms with Gasteiger partial charge in [-0.1, -0.05) is 90.9 Å². The van der Waals surface area contributed by atoms with E-state index in [1.807, 2.05) is 0 Å². The zero-order valence-corrected chi connectivity index (χ0v) is 20.5. The highest BCUT2D eigenvalue weighted by atomic mass is 16.4. The quantitative estimate of drug-likeness (QED) is 0.185. The molecule has 1 aromatic carbocycles. The molecule has 1 rings (SSSR count). The molecule has 0 aromatic heterocycles. The molecule has 0 heterocycles.